The maximum absolute atomic E-state index is 12.6. The summed E-state index contributed by atoms with van der Waals surface area (Å²) in [5.74, 6) is 0.778. The molecule has 7 nitrogen and oxygen atoms in total. The molecular weight excluding hydrogens is 456 g/mol. The molecule has 2 rings (SSSR count). The highest BCUT2D eigenvalue weighted by molar-refractivity contribution is 5.68. The largest absolute Gasteiger partial charge is 0.497 e. The minimum atomic E-state index is -0.594. The minimum absolute atomic E-state index is 0.166. The molecule has 0 unspecified atom stereocenters. The van der Waals surface area contributed by atoms with Gasteiger partial charge in [-0.2, -0.15) is 0 Å². The zero-order chi connectivity index (χ0) is 26.8. The lowest BCUT2D eigenvalue weighted by Gasteiger charge is -2.27. The monoisotopic (exact) mass is 498 g/mol. The predicted octanol–water partition coefficient (Wildman–Crippen LogP) is 6.05. The SMILES string of the molecule is COc1ccc(C[C@H](CC[C@@H](Cc2ccccc2)NC(=O)OC(C)(C)C)NC(=O)OC(C)(C)C)cc1. The summed E-state index contributed by atoms with van der Waals surface area (Å²) in [7, 11) is 1.63. The van der Waals surface area contributed by atoms with Crippen LogP contribution in [-0.2, 0) is 22.3 Å². The van der Waals surface area contributed by atoms with Crippen molar-refractivity contribution in [1.82, 2.24) is 10.6 Å². The Balaban J connectivity index is 2.15. The number of ether oxygens (including phenoxy) is 3. The quantitative estimate of drug-likeness (QED) is 0.417. The van der Waals surface area contributed by atoms with Crippen molar-refractivity contribution < 1.29 is 23.8 Å². The van der Waals surface area contributed by atoms with Crippen molar-refractivity contribution in [2.24, 2.45) is 0 Å². The molecule has 2 aromatic rings. The van der Waals surface area contributed by atoms with Gasteiger partial charge in [-0.05, 0) is 90.5 Å². The van der Waals surface area contributed by atoms with E-state index in [0.29, 0.717) is 25.7 Å². The fraction of sp³-hybridized carbons (Fsp3) is 0.517. The van der Waals surface area contributed by atoms with E-state index in [-0.39, 0.29) is 12.1 Å². The number of nitrogens with one attached hydrogen (secondary N) is 2. The number of carbonyl (C=O) groups excluding carboxylic acids is 2. The van der Waals surface area contributed by atoms with Crippen LogP contribution in [0.2, 0.25) is 0 Å². The van der Waals surface area contributed by atoms with Crippen LogP contribution in [0.1, 0.15) is 65.5 Å². The summed E-state index contributed by atoms with van der Waals surface area (Å²) in [5.41, 5.74) is 1.00. The minimum Gasteiger partial charge on any atom is -0.497 e. The maximum atomic E-state index is 12.6. The van der Waals surface area contributed by atoms with Crippen LogP contribution < -0.4 is 15.4 Å². The van der Waals surface area contributed by atoms with E-state index in [0.717, 1.165) is 16.9 Å². The molecule has 0 aromatic heterocycles. The predicted molar refractivity (Wildman–Crippen MR) is 142 cm³/mol. The third-order valence-corrected chi connectivity index (χ3v) is 5.27. The van der Waals surface area contributed by atoms with E-state index in [2.05, 4.69) is 10.6 Å². The zero-order valence-electron chi connectivity index (χ0n) is 22.7. The van der Waals surface area contributed by atoms with Crippen molar-refractivity contribution in [3.05, 3.63) is 65.7 Å². The van der Waals surface area contributed by atoms with Crippen LogP contribution in [0.15, 0.2) is 54.6 Å². The number of hydrogen-bond acceptors (Lipinski definition) is 5. The van der Waals surface area contributed by atoms with E-state index in [1.807, 2.05) is 96.1 Å². The van der Waals surface area contributed by atoms with Crippen LogP contribution in [0.5, 0.6) is 5.75 Å². The van der Waals surface area contributed by atoms with Gasteiger partial charge in [0, 0.05) is 12.1 Å². The van der Waals surface area contributed by atoms with Gasteiger partial charge in [-0.25, -0.2) is 9.59 Å². The molecule has 7 heteroatoms. The van der Waals surface area contributed by atoms with Gasteiger partial charge >= 0.3 is 12.2 Å². The smallest absolute Gasteiger partial charge is 0.407 e. The highest BCUT2D eigenvalue weighted by atomic mass is 16.6. The molecular formula is C29H42N2O5. The van der Waals surface area contributed by atoms with Gasteiger partial charge in [-0.1, -0.05) is 42.5 Å². The first-order valence-corrected chi connectivity index (χ1v) is 12.5. The van der Waals surface area contributed by atoms with Gasteiger partial charge in [0.1, 0.15) is 17.0 Å². The first kappa shape index (κ1) is 29.0. The van der Waals surface area contributed by atoms with E-state index in [9.17, 15) is 9.59 Å². The number of methoxy groups -OCH3 is 1. The molecule has 0 saturated carbocycles. The lowest BCUT2D eigenvalue weighted by Crippen LogP contribution is -2.43. The summed E-state index contributed by atoms with van der Waals surface area (Å²) in [6, 6.07) is 17.4. The summed E-state index contributed by atoms with van der Waals surface area (Å²) in [5, 5.41) is 6.05. The third-order valence-electron chi connectivity index (χ3n) is 5.27. The Labute approximate surface area is 215 Å². The van der Waals surface area contributed by atoms with Crippen LogP contribution in [0.25, 0.3) is 0 Å². The first-order chi connectivity index (χ1) is 16.8. The first-order valence-electron chi connectivity index (χ1n) is 12.5. The van der Waals surface area contributed by atoms with Gasteiger partial charge < -0.3 is 24.8 Å². The normalized spacial score (nSPS) is 13.3. The Kier molecular flexibility index (Phi) is 10.6. The van der Waals surface area contributed by atoms with E-state index in [1.54, 1.807) is 7.11 Å². The second-order valence-electron chi connectivity index (χ2n) is 11.0. The third kappa shape index (κ3) is 12.0. The molecule has 0 fully saturated rings. The molecule has 0 radical (unpaired) electrons. The number of alkyl carbamates (subject to hydrolysis) is 2. The summed E-state index contributed by atoms with van der Waals surface area (Å²) < 4.78 is 16.3. The van der Waals surface area contributed by atoms with Crippen molar-refractivity contribution >= 4 is 12.2 Å². The van der Waals surface area contributed by atoms with Crippen LogP contribution in [0.3, 0.4) is 0 Å². The number of hydrogen-bond donors (Lipinski definition) is 2. The number of amides is 2. The van der Waals surface area contributed by atoms with Gasteiger partial charge in [0.25, 0.3) is 0 Å². The lowest BCUT2D eigenvalue weighted by atomic mass is 9.96. The van der Waals surface area contributed by atoms with Gasteiger partial charge in [0.15, 0.2) is 0 Å². The number of benzene rings is 2. The van der Waals surface area contributed by atoms with Crippen LogP contribution in [0, 0.1) is 0 Å². The number of carbonyl (C=O) groups is 2. The van der Waals surface area contributed by atoms with Crippen LogP contribution in [0.4, 0.5) is 9.59 Å². The Bertz CT molecular complexity index is 946. The molecule has 0 aliphatic heterocycles. The molecule has 0 saturated heterocycles. The highest BCUT2D eigenvalue weighted by Crippen LogP contribution is 2.17. The maximum Gasteiger partial charge on any atom is 0.407 e. The van der Waals surface area contributed by atoms with Gasteiger partial charge in [0.05, 0.1) is 7.11 Å². The van der Waals surface area contributed by atoms with Crippen molar-refractivity contribution in [3.63, 3.8) is 0 Å². The summed E-state index contributed by atoms with van der Waals surface area (Å²) in [6.45, 7) is 11.0. The molecule has 2 amide bonds. The zero-order valence-corrected chi connectivity index (χ0v) is 22.7. The molecule has 0 aliphatic carbocycles. The van der Waals surface area contributed by atoms with Gasteiger partial charge in [-0.15, -0.1) is 0 Å². The topological polar surface area (TPSA) is 85.9 Å². The Morgan fingerprint density at radius 2 is 1.11 bits per heavy atom. The fourth-order valence-electron chi connectivity index (χ4n) is 3.75. The van der Waals surface area contributed by atoms with Crippen molar-refractivity contribution in [3.8, 4) is 5.75 Å². The Morgan fingerprint density at radius 3 is 1.50 bits per heavy atom. The molecule has 2 aromatic carbocycles. The second kappa shape index (κ2) is 13.2. The Hall–Kier alpha value is -3.22. The lowest BCUT2D eigenvalue weighted by molar-refractivity contribution is 0.0474. The van der Waals surface area contributed by atoms with Crippen molar-refractivity contribution in [2.45, 2.75) is 90.5 Å². The van der Waals surface area contributed by atoms with Crippen LogP contribution >= 0.6 is 0 Å². The molecule has 36 heavy (non-hydrogen) atoms. The molecule has 0 heterocycles. The summed E-state index contributed by atoms with van der Waals surface area (Å²) in [6.07, 6.45) is 1.65. The standard InChI is InChI=1S/C29H42N2O5/c1-28(2,3)35-26(32)30-23(19-21-11-9-8-10-12-21)15-16-24(31-27(33)36-29(4,5)6)20-22-13-17-25(34-7)18-14-22/h8-14,17-18,23-24H,15-16,19-20H2,1-7H3,(H,30,32)(H,31,33)/t23-,24-/m0/s1. The summed E-state index contributed by atoms with van der Waals surface area (Å²) in [4.78, 5) is 25.1. The van der Waals surface area contributed by atoms with E-state index < -0.39 is 23.4 Å². The van der Waals surface area contributed by atoms with Crippen molar-refractivity contribution in [2.75, 3.05) is 7.11 Å². The molecule has 2 N–H and O–H groups in total. The fourth-order valence-corrected chi connectivity index (χ4v) is 3.75. The van der Waals surface area contributed by atoms with E-state index in [4.69, 9.17) is 14.2 Å². The van der Waals surface area contributed by atoms with E-state index >= 15 is 0 Å². The average molecular weight is 499 g/mol. The molecule has 0 spiro atoms. The average Bonchev–Trinajstić information content (AvgIpc) is 2.76. The highest BCUT2D eigenvalue weighted by Gasteiger charge is 2.23. The summed E-state index contributed by atoms with van der Waals surface area (Å²) >= 11 is 0. The molecule has 0 bridgehead atoms. The van der Waals surface area contributed by atoms with Crippen LogP contribution in [-0.4, -0.2) is 42.6 Å². The van der Waals surface area contributed by atoms with E-state index in [1.165, 1.54) is 0 Å². The van der Waals surface area contributed by atoms with Gasteiger partial charge in [-0.3, -0.25) is 0 Å². The second-order valence-corrected chi connectivity index (χ2v) is 11.0. The molecule has 0 aliphatic rings. The number of rotatable bonds is 10. The Morgan fingerprint density at radius 1 is 0.694 bits per heavy atom. The van der Waals surface area contributed by atoms with Gasteiger partial charge in [0.2, 0.25) is 0 Å². The molecule has 198 valence electrons. The molecule has 2 atom stereocenters. The van der Waals surface area contributed by atoms with Crippen molar-refractivity contribution in [1.29, 1.82) is 0 Å².